The molecule has 0 saturated carbocycles. The fourth-order valence-corrected chi connectivity index (χ4v) is 3.22. The third-order valence-electron chi connectivity index (χ3n) is 2.34. The van der Waals surface area contributed by atoms with Gasteiger partial charge in [0, 0.05) is 11.4 Å². The van der Waals surface area contributed by atoms with Crippen LogP contribution in [-0.4, -0.2) is 23.9 Å². The van der Waals surface area contributed by atoms with E-state index in [9.17, 15) is 0 Å². The first-order valence-electron chi connectivity index (χ1n) is 5.44. The summed E-state index contributed by atoms with van der Waals surface area (Å²) < 4.78 is 5.16. The normalized spacial score (nSPS) is 12.6. The van der Waals surface area contributed by atoms with E-state index in [4.69, 9.17) is 4.74 Å². The minimum atomic E-state index is 0.258. The number of rotatable bonds is 5. The zero-order valence-corrected chi connectivity index (χ0v) is 11.7. The van der Waals surface area contributed by atoms with Crippen molar-refractivity contribution in [3.63, 3.8) is 0 Å². The standard InChI is InChI=1S/C11H15N3OS2/c1-4-12-7(2)10-13-14-11(17-10)9-5-8(15-3)6-16-9/h5-7,12H,4H2,1-3H3. The molecule has 1 N–H and O–H groups in total. The van der Waals surface area contributed by atoms with Crippen molar-refractivity contribution < 1.29 is 4.74 Å². The van der Waals surface area contributed by atoms with Gasteiger partial charge in [0.15, 0.2) is 5.01 Å². The SMILES string of the molecule is CCNC(C)c1nnc(-c2cc(OC)cs2)s1. The van der Waals surface area contributed by atoms with Gasteiger partial charge in [-0.3, -0.25) is 0 Å². The van der Waals surface area contributed by atoms with Crippen LogP contribution in [0.3, 0.4) is 0 Å². The van der Waals surface area contributed by atoms with Gasteiger partial charge in [0.25, 0.3) is 0 Å². The van der Waals surface area contributed by atoms with Gasteiger partial charge in [-0.15, -0.1) is 21.5 Å². The summed E-state index contributed by atoms with van der Waals surface area (Å²) >= 11 is 3.26. The molecule has 1 atom stereocenters. The molecule has 0 amide bonds. The summed E-state index contributed by atoms with van der Waals surface area (Å²) in [7, 11) is 1.67. The van der Waals surface area contributed by atoms with E-state index in [1.807, 2.05) is 11.4 Å². The molecular formula is C11H15N3OS2. The summed E-state index contributed by atoms with van der Waals surface area (Å²) in [6.45, 7) is 5.12. The van der Waals surface area contributed by atoms with Gasteiger partial charge < -0.3 is 10.1 Å². The molecule has 0 aliphatic carbocycles. The van der Waals surface area contributed by atoms with Crippen LogP contribution in [0.25, 0.3) is 9.88 Å². The molecule has 0 aromatic carbocycles. The lowest BCUT2D eigenvalue weighted by Gasteiger charge is -2.06. The Kier molecular flexibility index (Phi) is 4.09. The van der Waals surface area contributed by atoms with Crippen LogP contribution < -0.4 is 10.1 Å². The van der Waals surface area contributed by atoms with Crippen LogP contribution in [0, 0.1) is 0 Å². The van der Waals surface area contributed by atoms with Crippen LogP contribution in [0.4, 0.5) is 0 Å². The van der Waals surface area contributed by atoms with Crippen molar-refractivity contribution in [2.24, 2.45) is 0 Å². The molecule has 2 aromatic heterocycles. The topological polar surface area (TPSA) is 47.0 Å². The summed E-state index contributed by atoms with van der Waals surface area (Å²) in [5.74, 6) is 0.876. The second kappa shape index (κ2) is 5.57. The van der Waals surface area contributed by atoms with Gasteiger partial charge in [-0.1, -0.05) is 18.3 Å². The Balaban J connectivity index is 2.17. The van der Waals surface area contributed by atoms with Crippen molar-refractivity contribution >= 4 is 22.7 Å². The number of hydrogen-bond acceptors (Lipinski definition) is 6. The van der Waals surface area contributed by atoms with Gasteiger partial charge in [-0.05, 0) is 13.5 Å². The predicted octanol–water partition coefficient (Wildman–Crippen LogP) is 2.95. The minimum Gasteiger partial charge on any atom is -0.496 e. The fraction of sp³-hybridized carbons (Fsp3) is 0.455. The highest BCUT2D eigenvalue weighted by atomic mass is 32.1. The van der Waals surface area contributed by atoms with Gasteiger partial charge >= 0.3 is 0 Å². The number of thiophene rings is 1. The van der Waals surface area contributed by atoms with E-state index in [0.29, 0.717) is 0 Å². The van der Waals surface area contributed by atoms with Crippen LogP contribution in [0.2, 0.25) is 0 Å². The maximum absolute atomic E-state index is 5.16. The van der Waals surface area contributed by atoms with Gasteiger partial charge in [0.05, 0.1) is 18.0 Å². The molecular weight excluding hydrogens is 254 g/mol. The molecule has 4 nitrogen and oxygen atoms in total. The third-order valence-corrected chi connectivity index (χ3v) is 4.53. The van der Waals surface area contributed by atoms with Gasteiger partial charge in [0.2, 0.25) is 0 Å². The lowest BCUT2D eigenvalue weighted by Crippen LogP contribution is -2.17. The number of ether oxygens (including phenoxy) is 1. The lowest BCUT2D eigenvalue weighted by atomic mass is 10.3. The number of nitrogens with zero attached hydrogens (tertiary/aromatic N) is 2. The Labute approximate surface area is 109 Å². The number of methoxy groups -OCH3 is 1. The molecule has 2 aromatic rings. The van der Waals surface area contributed by atoms with Crippen molar-refractivity contribution in [3.05, 3.63) is 16.5 Å². The molecule has 0 saturated heterocycles. The maximum Gasteiger partial charge on any atom is 0.158 e. The largest absolute Gasteiger partial charge is 0.496 e. The zero-order chi connectivity index (χ0) is 12.3. The molecule has 0 radical (unpaired) electrons. The zero-order valence-electron chi connectivity index (χ0n) is 10.1. The van der Waals surface area contributed by atoms with Crippen molar-refractivity contribution in [1.82, 2.24) is 15.5 Å². The first-order chi connectivity index (χ1) is 8.24. The number of aromatic nitrogens is 2. The second-order valence-corrected chi connectivity index (χ2v) is 5.50. The molecule has 0 spiro atoms. The Morgan fingerprint density at radius 1 is 1.47 bits per heavy atom. The Morgan fingerprint density at radius 2 is 2.29 bits per heavy atom. The van der Waals surface area contributed by atoms with Crippen molar-refractivity contribution in [2.75, 3.05) is 13.7 Å². The molecule has 2 heterocycles. The minimum absolute atomic E-state index is 0.258. The van der Waals surface area contributed by atoms with Gasteiger partial charge in [-0.25, -0.2) is 0 Å². The molecule has 0 aliphatic rings. The maximum atomic E-state index is 5.16. The smallest absolute Gasteiger partial charge is 0.158 e. The predicted molar refractivity (Wildman–Crippen MR) is 71.9 cm³/mol. The Morgan fingerprint density at radius 3 is 2.94 bits per heavy atom. The Hall–Kier alpha value is -0.980. The summed E-state index contributed by atoms with van der Waals surface area (Å²) in [5, 5.41) is 15.7. The molecule has 92 valence electrons. The van der Waals surface area contributed by atoms with E-state index < -0.39 is 0 Å². The highest BCUT2D eigenvalue weighted by Crippen LogP contribution is 2.33. The van der Waals surface area contributed by atoms with Crippen LogP contribution in [0.5, 0.6) is 5.75 Å². The fourth-order valence-electron chi connectivity index (χ4n) is 1.44. The second-order valence-electron chi connectivity index (χ2n) is 3.58. The molecule has 0 fully saturated rings. The first-order valence-corrected chi connectivity index (χ1v) is 7.14. The van der Waals surface area contributed by atoms with E-state index in [1.165, 1.54) is 0 Å². The summed E-state index contributed by atoms with van der Waals surface area (Å²) in [6, 6.07) is 2.25. The molecule has 17 heavy (non-hydrogen) atoms. The quantitative estimate of drug-likeness (QED) is 0.906. The summed E-state index contributed by atoms with van der Waals surface area (Å²) in [6.07, 6.45) is 0. The molecule has 1 unspecified atom stereocenters. The van der Waals surface area contributed by atoms with Crippen molar-refractivity contribution in [2.45, 2.75) is 19.9 Å². The van der Waals surface area contributed by atoms with Crippen LogP contribution in [0.15, 0.2) is 11.4 Å². The van der Waals surface area contributed by atoms with E-state index in [2.05, 4.69) is 29.4 Å². The van der Waals surface area contributed by atoms with E-state index in [0.717, 1.165) is 27.2 Å². The highest BCUT2D eigenvalue weighted by Gasteiger charge is 2.13. The van der Waals surface area contributed by atoms with Crippen LogP contribution >= 0.6 is 22.7 Å². The summed E-state index contributed by atoms with van der Waals surface area (Å²) in [4.78, 5) is 1.11. The third kappa shape index (κ3) is 2.83. The van der Waals surface area contributed by atoms with Crippen molar-refractivity contribution in [3.8, 4) is 15.6 Å². The average Bonchev–Trinajstić information content (AvgIpc) is 2.98. The molecule has 0 aliphatic heterocycles. The molecule has 2 rings (SSSR count). The van der Waals surface area contributed by atoms with Gasteiger partial charge in [0.1, 0.15) is 10.8 Å². The van der Waals surface area contributed by atoms with E-state index >= 15 is 0 Å². The van der Waals surface area contributed by atoms with E-state index in [-0.39, 0.29) is 6.04 Å². The van der Waals surface area contributed by atoms with Gasteiger partial charge in [-0.2, -0.15) is 0 Å². The lowest BCUT2D eigenvalue weighted by molar-refractivity contribution is 0.417. The number of nitrogens with one attached hydrogen (secondary N) is 1. The molecule has 6 heteroatoms. The van der Waals surface area contributed by atoms with Crippen LogP contribution in [0.1, 0.15) is 24.9 Å². The molecule has 0 bridgehead atoms. The van der Waals surface area contributed by atoms with Crippen molar-refractivity contribution in [1.29, 1.82) is 0 Å². The van der Waals surface area contributed by atoms with Crippen LogP contribution in [-0.2, 0) is 0 Å². The Bertz CT molecular complexity index is 481. The first kappa shape index (κ1) is 12.5. The number of hydrogen-bond donors (Lipinski definition) is 1. The highest BCUT2D eigenvalue weighted by molar-refractivity contribution is 7.20. The van der Waals surface area contributed by atoms with E-state index in [1.54, 1.807) is 29.8 Å². The monoisotopic (exact) mass is 269 g/mol. The average molecular weight is 269 g/mol. The summed E-state index contributed by atoms with van der Waals surface area (Å²) in [5.41, 5.74) is 0.